The molecule has 0 radical (unpaired) electrons. The van der Waals surface area contributed by atoms with E-state index in [4.69, 9.17) is 11.6 Å². The molecule has 1 amide bonds. The predicted molar refractivity (Wildman–Crippen MR) is 114 cm³/mol. The first-order valence-corrected chi connectivity index (χ1v) is 10.2. The molecule has 4 aromatic rings. The lowest BCUT2D eigenvalue weighted by molar-refractivity contribution is -0.113. The number of thioether (sulfide) groups is 1. The summed E-state index contributed by atoms with van der Waals surface area (Å²) < 4.78 is 3.73. The monoisotopic (exact) mass is 424 g/mol. The van der Waals surface area contributed by atoms with Crippen molar-refractivity contribution in [2.24, 2.45) is 0 Å². The zero-order valence-electron chi connectivity index (χ0n) is 15.5. The molecule has 0 spiro atoms. The number of benzene rings is 1. The van der Waals surface area contributed by atoms with Gasteiger partial charge in [-0.05, 0) is 48.9 Å². The molecule has 0 aliphatic heterocycles. The van der Waals surface area contributed by atoms with Crippen molar-refractivity contribution in [2.45, 2.75) is 12.1 Å². The molecule has 3 aromatic heterocycles. The highest BCUT2D eigenvalue weighted by atomic mass is 35.5. The van der Waals surface area contributed by atoms with Gasteiger partial charge in [0.25, 0.3) is 0 Å². The van der Waals surface area contributed by atoms with Crippen LogP contribution >= 0.6 is 23.4 Å². The molecule has 0 aliphatic carbocycles. The van der Waals surface area contributed by atoms with Crippen LogP contribution in [0.15, 0.2) is 72.4 Å². The van der Waals surface area contributed by atoms with Crippen LogP contribution in [-0.2, 0) is 4.79 Å². The van der Waals surface area contributed by atoms with Crippen LogP contribution in [0.5, 0.6) is 0 Å². The first kappa shape index (κ1) is 19.2. The lowest BCUT2D eigenvalue weighted by Gasteiger charge is -2.12. The van der Waals surface area contributed by atoms with E-state index in [2.05, 4.69) is 20.5 Å². The molecule has 0 bridgehead atoms. The average molecular weight is 425 g/mol. The van der Waals surface area contributed by atoms with Gasteiger partial charge in [0, 0.05) is 41.1 Å². The van der Waals surface area contributed by atoms with Crippen LogP contribution in [0, 0.1) is 6.92 Å². The Morgan fingerprint density at radius 3 is 2.62 bits per heavy atom. The lowest BCUT2D eigenvalue weighted by Crippen LogP contribution is -2.16. The molecule has 29 heavy (non-hydrogen) atoms. The Morgan fingerprint density at radius 1 is 1.10 bits per heavy atom. The second kappa shape index (κ2) is 8.50. The number of carbonyl (C=O) groups excluding carboxylic acids is 1. The summed E-state index contributed by atoms with van der Waals surface area (Å²) >= 11 is 7.43. The summed E-state index contributed by atoms with van der Waals surface area (Å²) in [6.45, 7) is 1.87. The van der Waals surface area contributed by atoms with E-state index >= 15 is 0 Å². The van der Waals surface area contributed by atoms with E-state index in [-0.39, 0.29) is 11.7 Å². The van der Waals surface area contributed by atoms with Gasteiger partial charge in [-0.1, -0.05) is 29.4 Å². The average Bonchev–Trinajstić information content (AvgIpc) is 3.40. The molecule has 1 N–H and O–H groups in total. The molecule has 0 saturated heterocycles. The fourth-order valence-electron chi connectivity index (χ4n) is 2.76. The van der Waals surface area contributed by atoms with Gasteiger partial charge in [-0.25, -0.2) is 4.68 Å². The van der Waals surface area contributed by atoms with Crippen molar-refractivity contribution in [1.82, 2.24) is 24.5 Å². The van der Waals surface area contributed by atoms with Crippen molar-refractivity contribution in [3.63, 3.8) is 0 Å². The molecule has 0 unspecified atom stereocenters. The van der Waals surface area contributed by atoms with Crippen LogP contribution in [0.25, 0.3) is 11.4 Å². The minimum absolute atomic E-state index is 0.145. The minimum atomic E-state index is -0.145. The summed E-state index contributed by atoms with van der Waals surface area (Å²) in [5.74, 6) is 0.701. The summed E-state index contributed by atoms with van der Waals surface area (Å²) in [5.41, 5.74) is 2.42. The number of hydrogen-bond donors (Lipinski definition) is 1. The summed E-state index contributed by atoms with van der Waals surface area (Å²) in [4.78, 5) is 16.5. The van der Waals surface area contributed by atoms with Crippen LogP contribution < -0.4 is 5.32 Å². The van der Waals surface area contributed by atoms with Gasteiger partial charge >= 0.3 is 0 Å². The molecule has 7 nitrogen and oxygen atoms in total. The maximum absolute atomic E-state index is 12.5. The molecular formula is C20H17ClN6OS. The minimum Gasteiger partial charge on any atom is -0.325 e. The number of carbonyl (C=O) groups is 1. The molecule has 3 heterocycles. The molecule has 0 aliphatic rings. The Bertz CT molecular complexity index is 1130. The normalized spacial score (nSPS) is 10.8. The number of pyridine rings is 1. The van der Waals surface area contributed by atoms with Crippen molar-refractivity contribution < 1.29 is 4.79 Å². The number of nitrogens with zero attached hydrogens (tertiary/aromatic N) is 5. The quantitative estimate of drug-likeness (QED) is 0.470. The highest BCUT2D eigenvalue weighted by molar-refractivity contribution is 7.99. The first-order chi connectivity index (χ1) is 14.1. The Labute approximate surface area is 176 Å². The number of aromatic nitrogens is 5. The molecular weight excluding hydrogens is 408 g/mol. The van der Waals surface area contributed by atoms with Gasteiger partial charge in [-0.3, -0.25) is 14.5 Å². The second-order valence-electron chi connectivity index (χ2n) is 6.17. The first-order valence-electron chi connectivity index (χ1n) is 8.80. The Balaban J connectivity index is 1.55. The number of anilines is 1. The second-order valence-corrected chi connectivity index (χ2v) is 7.52. The number of amides is 1. The summed E-state index contributed by atoms with van der Waals surface area (Å²) in [6.07, 6.45) is 7.20. The molecule has 0 atom stereocenters. The zero-order chi connectivity index (χ0) is 20.2. The standard InChI is InChI=1S/C20H17ClN6OS/c1-14-16(21)5-4-6-17(14)23-18(28)13-29-20-25-24-19(15-7-9-22-10-8-15)27(20)26-11-2-3-12-26/h2-12H,13H2,1H3,(H,23,28). The van der Waals surface area contributed by atoms with E-state index in [0.29, 0.717) is 21.7 Å². The molecule has 1 aromatic carbocycles. The highest BCUT2D eigenvalue weighted by Crippen LogP contribution is 2.26. The SMILES string of the molecule is Cc1c(Cl)cccc1NC(=O)CSc1nnc(-c2ccncc2)n1-n1cccc1. The van der Waals surface area contributed by atoms with E-state index in [9.17, 15) is 4.79 Å². The third-order valence-corrected chi connectivity index (χ3v) is 5.57. The van der Waals surface area contributed by atoms with Crippen molar-refractivity contribution in [2.75, 3.05) is 11.1 Å². The number of rotatable bonds is 6. The van der Waals surface area contributed by atoms with Crippen LogP contribution in [0.2, 0.25) is 5.02 Å². The van der Waals surface area contributed by atoms with E-state index < -0.39 is 0 Å². The van der Waals surface area contributed by atoms with Crippen LogP contribution in [0.3, 0.4) is 0 Å². The van der Waals surface area contributed by atoms with E-state index in [1.54, 1.807) is 18.5 Å². The third-order valence-electron chi connectivity index (χ3n) is 4.24. The van der Waals surface area contributed by atoms with E-state index in [0.717, 1.165) is 11.1 Å². The van der Waals surface area contributed by atoms with Crippen LogP contribution in [0.1, 0.15) is 5.56 Å². The number of hydrogen-bond acceptors (Lipinski definition) is 5. The van der Waals surface area contributed by atoms with Gasteiger partial charge in [0.15, 0.2) is 5.82 Å². The van der Waals surface area contributed by atoms with Gasteiger partial charge in [0.05, 0.1) is 5.75 Å². The number of nitrogens with one attached hydrogen (secondary N) is 1. The van der Waals surface area contributed by atoms with Crippen molar-refractivity contribution in [3.05, 3.63) is 77.8 Å². The summed E-state index contributed by atoms with van der Waals surface area (Å²) in [7, 11) is 0. The van der Waals surface area contributed by atoms with Crippen LogP contribution in [-0.4, -0.2) is 36.2 Å². The van der Waals surface area contributed by atoms with Gasteiger partial charge in [-0.15, -0.1) is 10.2 Å². The summed E-state index contributed by atoms with van der Waals surface area (Å²) in [6, 6.07) is 13.0. The van der Waals surface area contributed by atoms with Crippen molar-refractivity contribution in [1.29, 1.82) is 0 Å². The van der Waals surface area contributed by atoms with Gasteiger partial charge in [-0.2, -0.15) is 0 Å². The Hall–Kier alpha value is -3.10. The molecule has 0 fully saturated rings. The number of halogens is 1. The topological polar surface area (TPSA) is 77.6 Å². The molecule has 4 rings (SSSR count). The fraction of sp³-hybridized carbons (Fsp3) is 0.100. The maximum atomic E-state index is 12.5. The molecule has 0 saturated carbocycles. The Morgan fingerprint density at radius 2 is 1.86 bits per heavy atom. The maximum Gasteiger partial charge on any atom is 0.234 e. The van der Waals surface area contributed by atoms with Gasteiger partial charge in [0.2, 0.25) is 11.1 Å². The largest absolute Gasteiger partial charge is 0.325 e. The fourth-order valence-corrected chi connectivity index (χ4v) is 3.67. The van der Waals surface area contributed by atoms with Crippen molar-refractivity contribution in [3.8, 4) is 11.4 Å². The summed E-state index contributed by atoms with van der Waals surface area (Å²) in [5, 5.41) is 12.7. The van der Waals surface area contributed by atoms with Crippen LogP contribution in [0.4, 0.5) is 5.69 Å². The third kappa shape index (κ3) is 4.18. The van der Waals surface area contributed by atoms with Gasteiger partial charge < -0.3 is 5.32 Å². The zero-order valence-corrected chi connectivity index (χ0v) is 17.1. The van der Waals surface area contributed by atoms with E-state index in [1.807, 2.05) is 65.1 Å². The molecule has 146 valence electrons. The lowest BCUT2D eigenvalue weighted by atomic mass is 10.2. The van der Waals surface area contributed by atoms with Gasteiger partial charge in [0.1, 0.15) is 0 Å². The predicted octanol–water partition coefficient (Wildman–Crippen LogP) is 4.15. The van der Waals surface area contributed by atoms with E-state index in [1.165, 1.54) is 11.8 Å². The Kier molecular flexibility index (Phi) is 5.64. The van der Waals surface area contributed by atoms with Crippen molar-refractivity contribution >= 4 is 35.0 Å². The highest BCUT2D eigenvalue weighted by Gasteiger charge is 2.17. The molecule has 9 heteroatoms. The smallest absolute Gasteiger partial charge is 0.234 e.